The third-order valence-corrected chi connectivity index (χ3v) is 2.32. The van der Waals surface area contributed by atoms with Crippen LogP contribution in [-0.4, -0.2) is 26.4 Å². The van der Waals surface area contributed by atoms with Crippen molar-refractivity contribution in [1.29, 1.82) is 0 Å². The van der Waals surface area contributed by atoms with Crippen molar-refractivity contribution in [3.05, 3.63) is 45.0 Å². The summed E-state index contributed by atoms with van der Waals surface area (Å²) >= 11 is 4.83. The van der Waals surface area contributed by atoms with Gasteiger partial charge in [-0.3, -0.25) is 9.97 Å². The molecule has 0 fully saturated rings. The standard InChI is InChI=1S/C11H9N3O3S/c15-7-2-1-6(3-8(7)16)5-12-9-4-10(18)14-11(17)13-9/h1-5,15-16H,(H2,13,14,17,18)/b12-5+. The third-order valence-electron chi connectivity index (χ3n) is 2.10. The lowest BCUT2D eigenvalue weighted by Gasteiger charge is -1.98. The summed E-state index contributed by atoms with van der Waals surface area (Å²) in [6.07, 6.45) is 1.43. The first-order valence-electron chi connectivity index (χ1n) is 4.94. The summed E-state index contributed by atoms with van der Waals surface area (Å²) in [6, 6.07) is 5.76. The number of phenols is 2. The summed E-state index contributed by atoms with van der Waals surface area (Å²) in [4.78, 5) is 19.9. The number of aliphatic imine (C=N–C) groups is 1. The van der Waals surface area contributed by atoms with Crippen LogP contribution in [0.2, 0.25) is 0 Å². The van der Waals surface area contributed by atoms with Crippen LogP contribution in [0, 0.1) is 4.64 Å². The molecule has 4 N–H and O–H groups in total. The molecule has 92 valence electrons. The predicted octanol–water partition coefficient (Wildman–Crippen LogP) is 1.59. The topological polar surface area (TPSA) is 101 Å². The maximum atomic E-state index is 11.1. The molecule has 0 bridgehead atoms. The maximum absolute atomic E-state index is 11.1. The molecular formula is C11H9N3O3S. The Labute approximate surface area is 106 Å². The maximum Gasteiger partial charge on any atom is 0.325 e. The van der Waals surface area contributed by atoms with Crippen molar-refractivity contribution in [1.82, 2.24) is 9.97 Å². The summed E-state index contributed by atoms with van der Waals surface area (Å²) in [5.41, 5.74) is 0.133. The van der Waals surface area contributed by atoms with Gasteiger partial charge in [0.1, 0.15) is 10.5 Å². The number of aromatic hydroxyl groups is 2. The van der Waals surface area contributed by atoms with E-state index < -0.39 is 5.69 Å². The van der Waals surface area contributed by atoms with Gasteiger partial charge in [-0.15, -0.1) is 0 Å². The molecule has 1 aromatic heterocycles. The van der Waals surface area contributed by atoms with Crippen LogP contribution in [0.4, 0.5) is 5.82 Å². The van der Waals surface area contributed by atoms with E-state index in [2.05, 4.69) is 15.0 Å². The SMILES string of the molecule is O=c1[nH]c(/N=C/c2ccc(O)c(O)c2)cc(=S)[nH]1. The van der Waals surface area contributed by atoms with Crippen LogP contribution in [0.15, 0.2) is 34.1 Å². The van der Waals surface area contributed by atoms with Crippen molar-refractivity contribution >= 4 is 24.3 Å². The summed E-state index contributed by atoms with van der Waals surface area (Å²) in [5, 5.41) is 18.4. The Morgan fingerprint density at radius 2 is 1.94 bits per heavy atom. The molecule has 2 aromatic rings. The van der Waals surface area contributed by atoms with E-state index in [4.69, 9.17) is 17.3 Å². The average molecular weight is 263 g/mol. The lowest BCUT2D eigenvalue weighted by molar-refractivity contribution is 0.403. The number of nitrogens with zero attached hydrogens (tertiary/aromatic N) is 1. The number of hydrogen-bond donors (Lipinski definition) is 4. The van der Waals surface area contributed by atoms with Gasteiger partial charge in [0, 0.05) is 12.3 Å². The third kappa shape index (κ3) is 2.83. The second kappa shape index (κ2) is 4.84. The molecule has 0 aliphatic rings. The fraction of sp³-hybridized carbons (Fsp3) is 0. The normalized spacial score (nSPS) is 10.9. The first-order valence-corrected chi connectivity index (χ1v) is 5.35. The van der Waals surface area contributed by atoms with E-state index in [-0.39, 0.29) is 16.1 Å². The van der Waals surface area contributed by atoms with Crippen LogP contribution in [0.25, 0.3) is 0 Å². The van der Waals surface area contributed by atoms with Gasteiger partial charge in [0.05, 0.1) is 0 Å². The van der Waals surface area contributed by atoms with Gasteiger partial charge < -0.3 is 10.2 Å². The van der Waals surface area contributed by atoms with Gasteiger partial charge in [0.2, 0.25) is 0 Å². The first kappa shape index (κ1) is 12.1. The molecule has 2 rings (SSSR count). The molecule has 1 aromatic carbocycles. The Balaban J connectivity index is 2.32. The van der Waals surface area contributed by atoms with Crippen molar-refractivity contribution in [3.8, 4) is 11.5 Å². The van der Waals surface area contributed by atoms with Crippen LogP contribution in [-0.2, 0) is 0 Å². The van der Waals surface area contributed by atoms with Crippen molar-refractivity contribution in [2.24, 2.45) is 4.99 Å². The minimum absolute atomic E-state index is 0.206. The summed E-state index contributed by atoms with van der Waals surface area (Å²) in [5.74, 6) is -0.142. The lowest BCUT2D eigenvalue weighted by atomic mass is 10.2. The number of hydrogen-bond acceptors (Lipinski definition) is 5. The van der Waals surface area contributed by atoms with E-state index >= 15 is 0 Å². The number of phenolic OH excluding ortho intramolecular Hbond substituents is 2. The molecule has 0 unspecified atom stereocenters. The zero-order chi connectivity index (χ0) is 13.1. The fourth-order valence-corrected chi connectivity index (χ4v) is 1.49. The largest absolute Gasteiger partial charge is 0.504 e. The van der Waals surface area contributed by atoms with Gasteiger partial charge in [-0.1, -0.05) is 12.2 Å². The number of rotatable bonds is 2. The van der Waals surface area contributed by atoms with Crippen molar-refractivity contribution in [2.75, 3.05) is 0 Å². The molecule has 0 atom stereocenters. The van der Waals surface area contributed by atoms with E-state index in [9.17, 15) is 9.90 Å². The molecule has 0 spiro atoms. The lowest BCUT2D eigenvalue weighted by Crippen LogP contribution is -2.08. The summed E-state index contributed by atoms with van der Waals surface area (Å²) in [7, 11) is 0. The average Bonchev–Trinajstić information content (AvgIpc) is 2.29. The highest BCUT2D eigenvalue weighted by Gasteiger charge is 1.98. The zero-order valence-corrected chi connectivity index (χ0v) is 9.86. The zero-order valence-electron chi connectivity index (χ0n) is 9.04. The number of aromatic amines is 2. The van der Waals surface area contributed by atoms with Crippen LogP contribution in [0.3, 0.4) is 0 Å². The van der Waals surface area contributed by atoms with Gasteiger partial charge in [-0.05, 0) is 23.8 Å². The molecule has 18 heavy (non-hydrogen) atoms. The first-order chi connectivity index (χ1) is 8.54. The minimum atomic E-state index is -0.441. The Hall–Kier alpha value is -2.41. The molecule has 0 amide bonds. The van der Waals surface area contributed by atoms with Gasteiger partial charge in [-0.2, -0.15) is 0 Å². The molecule has 0 aliphatic heterocycles. The molecule has 0 saturated heterocycles. The fourth-order valence-electron chi connectivity index (χ4n) is 1.29. The minimum Gasteiger partial charge on any atom is -0.504 e. The van der Waals surface area contributed by atoms with E-state index in [1.807, 2.05) is 0 Å². The summed E-state index contributed by atoms with van der Waals surface area (Å²) in [6.45, 7) is 0. The van der Waals surface area contributed by atoms with Gasteiger partial charge in [0.15, 0.2) is 11.5 Å². The van der Waals surface area contributed by atoms with E-state index in [0.717, 1.165) is 0 Å². The number of benzene rings is 1. The highest BCUT2D eigenvalue weighted by atomic mass is 32.1. The number of aromatic nitrogens is 2. The molecule has 0 radical (unpaired) electrons. The quantitative estimate of drug-likeness (QED) is 0.375. The van der Waals surface area contributed by atoms with Gasteiger partial charge in [-0.25, -0.2) is 9.79 Å². The summed E-state index contributed by atoms with van der Waals surface area (Å²) < 4.78 is 0.277. The second-order valence-electron chi connectivity index (χ2n) is 3.48. The monoisotopic (exact) mass is 263 g/mol. The Kier molecular flexibility index (Phi) is 3.24. The van der Waals surface area contributed by atoms with Crippen molar-refractivity contribution in [2.45, 2.75) is 0 Å². The highest BCUT2D eigenvalue weighted by Crippen LogP contribution is 2.24. The smallest absolute Gasteiger partial charge is 0.325 e. The molecule has 1 heterocycles. The van der Waals surface area contributed by atoms with E-state index in [0.29, 0.717) is 11.4 Å². The molecule has 0 saturated carbocycles. The highest BCUT2D eigenvalue weighted by molar-refractivity contribution is 7.71. The number of nitrogens with one attached hydrogen (secondary N) is 2. The van der Waals surface area contributed by atoms with E-state index in [1.165, 1.54) is 24.4 Å². The van der Waals surface area contributed by atoms with Crippen molar-refractivity contribution < 1.29 is 10.2 Å². The molecule has 6 nitrogen and oxygen atoms in total. The second-order valence-corrected chi connectivity index (χ2v) is 3.92. The Bertz CT molecular complexity index is 690. The van der Waals surface area contributed by atoms with Crippen LogP contribution >= 0.6 is 12.2 Å². The molecule has 7 heteroatoms. The molecule has 0 aliphatic carbocycles. The molecular weight excluding hydrogens is 254 g/mol. The van der Waals surface area contributed by atoms with Crippen LogP contribution in [0.5, 0.6) is 11.5 Å². The number of H-pyrrole nitrogens is 2. The van der Waals surface area contributed by atoms with Crippen LogP contribution < -0.4 is 5.69 Å². The van der Waals surface area contributed by atoms with Gasteiger partial charge >= 0.3 is 5.69 Å². The van der Waals surface area contributed by atoms with Crippen LogP contribution in [0.1, 0.15) is 5.56 Å². The van der Waals surface area contributed by atoms with Gasteiger partial charge in [0.25, 0.3) is 0 Å². The predicted molar refractivity (Wildman–Crippen MR) is 69.3 cm³/mol. The van der Waals surface area contributed by atoms with E-state index in [1.54, 1.807) is 6.07 Å². The Morgan fingerprint density at radius 1 is 1.17 bits per heavy atom. The Morgan fingerprint density at radius 3 is 2.61 bits per heavy atom. The van der Waals surface area contributed by atoms with Crippen molar-refractivity contribution in [3.63, 3.8) is 0 Å².